The molecule has 0 saturated carbocycles. The fourth-order valence-corrected chi connectivity index (χ4v) is 1.34. The number of hydrogen-bond donors (Lipinski definition) is 1. The summed E-state index contributed by atoms with van der Waals surface area (Å²) < 4.78 is 10.7. The highest BCUT2D eigenvalue weighted by atomic mass is 79.9. The Hall–Kier alpha value is -1.03. The summed E-state index contributed by atoms with van der Waals surface area (Å²) in [6, 6.07) is 5.38. The zero-order valence-corrected chi connectivity index (χ0v) is 9.01. The number of rotatable bonds is 2. The second-order valence-electron chi connectivity index (χ2n) is 2.38. The van der Waals surface area contributed by atoms with Gasteiger partial charge in [0.05, 0.1) is 19.8 Å². The summed E-state index contributed by atoms with van der Waals surface area (Å²) in [7, 11) is 3.05. The average Bonchev–Trinajstić information content (AvgIpc) is 2.17. The van der Waals surface area contributed by atoms with E-state index >= 15 is 0 Å². The van der Waals surface area contributed by atoms with E-state index in [2.05, 4.69) is 15.9 Å². The zero-order valence-electron chi connectivity index (χ0n) is 7.43. The summed E-state index contributed by atoms with van der Waals surface area (Å²) in [5.41, 5.74) is 0.682. The quantitative estimate of drug-likeness (QED) is 0.641. The van der Waals surface area contributed by atoms with Crippen molar-refractivity contribution in [2.75, 3.05) is 14.2 Å². The fraction of sp³-hybridized carbons (Fsp3) is 0.222. The van der Waals surface area contributed by atoms with Crippen LogP contribution in [0, 0.1) is 5.41 Å². The molecule has 1 N–H and O–H groups in total. The molecule has 0 radical (unpaired) electrons. The monoisotopic (exact) mass is 243 g/mol. The molecule has 13 heavy (non-hydrogen) atoms. The number of benzene rings is 1. The molecule has 1 aromatic carbocycles. The number of nitrogens with one attached hydrogen (secondary N) is 1. The van der Waals surface area contributed by atoms with Gasteiger partial charge >= 0.3 is 0 Å². The van der Waals surface area contributed by atoms with Crippen LogP contribution < -0.4 is 4.74 Å². The van der Waals surface area contributed by atoms with Gasteiger partial charge in [0, 0.05) is 4.47 Å². The van der Waals surface area contributed by atoms with E-state index in [9.17, 15) is 0 Å². The lowest BCUT2D eigenvalue weighted by atomic mass is 10.2. The molecule has 0 aromatic heterocycles. The van der Waals surface area contributed by atoms with Crippen molar-refractivity contribution in [3.63, 3.8) is 0 Å². The molecule has 0 aliphatic rings. The van der Waals surface area contributed by atoms with Gasteiger partial charge in [0.15, 0.2) is 0 Å². The standard InChI is InChI=1S/C9H10BrNO2/c1-12-6-3-4-8(10)7(5-6)9(11)13-2/h3-5,11H,1-2H3. The van der Waals surface area contributed by atoms with Crippen LogP contribution >= 0.6 is 15.9 Å². The van der Waals surface area contributed by atoms with Crippen molar-refractivity contribution in [1.82, 2.24) is 0 Å². The Morgan fingerprint density at radius 1 is 1.38 bits per heavy atom. The Balaban J connectivity index is 3.11. The summed E-state index contributed by atoms with van der Waals surface area (Å²) in [4.78, 5) is 0. The molecule has 1 aromatic rings. The van der Waals surface area contributed by atoms with Gasteiger partial charge in [0.25, 0.3) is 0 Å². The molecule has 4 heteroatoms. The highest BCUT2D eigenvalue weighted by Gasteiger charge is 2.07. The van der Waals surface area contributed by atoms with Crippen LogP contribution in [-0.4, -0.2) is 20.1 Å². The molecular weight excluding hydrogens is 234 g/mol. The molecule has 0 atom stereocenters. The van der Waals surface area contributed by atoms with Crippen LogP contribution in [0.1, 0.15) is 5.56 Å². The zero-order chi connectivity index (χ0) is 9.84. The molecule has 0 aliphatic carbocycles. The average molecular weight is 244 g/mol. The van der Waals surface area contributed by atoms with E-state index in [0.29, 0.717) is 11.3 Å². The first-order chi connectivity index (χ1) is 6.19. The van der Waals surface area contributed by atoms with Crippen LogP contribution in [0.15, 0.2) is 22.7 Å². The molecule has 0 bridgehead atoms. The van der Waals surface area contributed by atoms with Crippen LogP contribution in [0.2, 0.25) is 0 Å². The maximum absolute atomic E-state index is 7.48. The maximum atomic E-state index is 7.48. The van der Waals surface area contributed by atoms with Gasteiger partial charge in [0.2, 0.25) is 5.90 Å². The Kier molecular flexibility index (Phi) is 3.31. The number of halogens is 1. The molecule has 0 spiro atoms. The van der Waals surface area contributed by atoms with Crippen molar-refractivity contribution in [3.05, 3.63) is 28.2 Å². The smallest absolute Gasteiger partial charge is 0.214 e. The van der Waals surface area contributed by atoms with Gasteiger partial charge in [-0.05, 0) is 34.1 Å². The lowest BCUT2D eigenvalue weighted by Gasteiger charge is -2.06. The molecule has 0 unspecified atom stereocenters. The van der Waals surface area contributed by atoms with E-state index in [1.54, 1.807) is 13.2 Å². The second-order valence-corrected chi connectivity index (χ2v) is 3.23. The third kappa shape index (κ3) is 2.21. The fourth-order valence-electron chi connectivity index (χ4n) is 0.915. The summed E-state index contributed by atoms with van der Waals surface area (Å²) in [6.45, 7) is 0. The van der Waals surface area contributed by atoms with Crippen molar-refractivity contribution in [2.45, 2.75) is 0 Å². The third-order valence-electron chi connectivity index (χ3n) is 1.62. The predicted octanol–water partition coefficient (Wildman–Crippen LogP) is 2.43. The third-order valence-corrected chi connectivity index (χ3v) is 2.31. The van der Waals surface area contributed by atoms with Crippen LogP contribution in [0.3, 0.4) is 0 Å². The van der Waals surface area contributed by atoms with Crippen LogP contribution in [0.25, 0.3) is 0 Å². The molecule has 0 aliphatic heterocycles. The predicted molar refractivity (Wildman–Crippen MR) is 54.5 cm³/mol. The Labute approximate surface area is 85.3 Å². The van der Waals surface area contributed by atoms with E-state index in [4.69, 9.17) is 14.9 Å². The van der Waals surface area contributed by atoms with Gasteiger partial charge in [-0.3, -0.25) is 5.41 Å². The Morgan fingerprint density at radius 3 is 2.62 bits per heavy atom. The lowest BCUT2D eigenvalue weighted by molar-refractivity contribution is 0.398. The van der Waals surface area contributed by atoms with E-state index in [1.807, 2.05) is 12.1 Å². The van der Waals surface area contributed by atoms with E-state index < -0.39 is 0 Å². The molecule has 3 nitrogen and oxygen atoms in total. The lowest BCUT2D eigenvalue weighted by Crippen LogP contribution is -2.02. The van der Waals surface area contributed by atoms with Gasteiger partial charge in [-0.25, -0.2) is 0 Å². The summed E-state index contributed by atoms with van der Waals surface area (Å²) >= 11 is 3.32. The number of hydrogen-bond acceptors (Lipinski definition) is 3. The molecule has 1 rings (SSSR count). The van der Waals surface area contributed by atoms with E-state index in [-0.39, 0.29) is 5.90 Å². The van der Waals surface area contributed by atoms with Crippen LogP contribution in [-0.2, 0) is 4.74 Å². The van der Waals surface area contributed by atoms with Gasteiger partial charge in [-0.1, -0.05) is 0 Å². The van der Waals surface area contributed by atoms with Crippen LogP contribution in [0.5, 0.6) is 5.75 Å². The van der Waals surface area contributed by atoms with Crippen molar-refractivity contribution < 1.29 is 9.47 Å². The Morgan fingerprint density at radius 2 is 2.08 bits per heavy atom. The minimum absolute atomic E-state index is 0.116. The van der Waals surface area contributed by atoms with Crippen molar-refractivity contribution >= 4 is 21.8 Å². The summed E-state index contributed by atoms with van der Waals surface area (Å²) in [5.74, 6) is 0.825. The van der Waals surface area contributed by atoms with Gasteiger partial charge in [-0.2, -0.15) is 0 Å². The van der Waals surface area contributed by atoms with Crippen molar-refractivity contribution in [2.24, 2.45) is 0 Å². The first-order valence-electron chi connectivity index (χ1n) is 3.65. The largest absolute Gasteiger partial charge is 0.497 e. The summed E-state index contributed by atoms with van der Waals surface area (Å²) in [5, 5.41) is 7.48. The first kappa shape index (κ1) is 10.1. The minimum Gasteiger partial charge on any atom is -0.497 e. The van der Waals surface area contributed by atoms with Crippen molar-refractivity contribution in [1.29, 1.82) is 5.41 Å². The normalized spacial score (nSPS) is 9.46. The maximum Gasteiger partial charge on any atom is 0.214 e. The van der Waals surface area contributed by atoms with Crippen molar-refractivity contribution in [3.8, 4) is 5.75 Å². The molecule has 0 saturated heterocycles. The van der Waals surface area contributed by atoms with Gasteiger partial charge in [0.1, 0.15) is 5.75 Å². The molecule has 0 heterocycles. The second kappa shape index (κ2) is 4.28. The highest BCUT2D eigenvalue weighted by Crippen LogP contribution is 2.22. The first-order valence-corrected chi connectivity index (χ1v) is 4.44. The number of ether oxygens (including phenoxy) is 2. The number of methoxy groups -OCH3 is 2. The summed E-state index contributed by atoms with van der Waals surface area (Å²) in [6.07, 6.45) is 0. The topological polar surface area (TPSA) is 42.3 Å². The van der Waals surface area contributed by atoms with Gasteiger partial charge in [-0.15, -0.1) is 0 Å². The molecule has 0 amide bonds. The van der Waals surface area contributed by atoms with Gasteiger partial charge < -0.3 is 9.47 Å². The highest BCUT2D eigenvalue weighted by molar-refractivity contribution is 9.10. The molecule has 0 fully saturated rings. The van der Waals surface area contributed by atoms with Crippen LogP contribution in [0.4, 0.5) is 0 Å². The molecular formula is C9H10BrNO2. The minimum atomic E-state index is 0.116. The molecule has 70 valence electrons. The van der Waals surface area contributed by atoms with E-state index in [1.165, 1.54) is 7.11 Å². The SMILES string of the molecule is COC(=N)c1cc(OC)ccc1Br. The van der Waals surface area contributed by atoms with E-state index in [0.717, 1.165) is 4.47 Å². The Bertz CT molecular complexity index is 325.